The summed E-state index contributed by atoms with van der Waals surface area (Å²) in [5, 5.41) is 3.68. The Kier molecular flexibility index (Phi) is 3.35. The van der Waals surface area contributed by atoms with Crippen LogP contribution in [0.3, 0.4) is 0 Å². The predicted octanol–water partition coefficient (Wildman–Crippen LogP) is 3.49. The molecule has 3 nitrogen and oxygen atoms in total. The van der Waals surface area contributed by atoms with Crippen LogP contribution in [-0.4, -0.2) is 6.04 Å². The van der Waals surface area contributed by atoms with Crippen molar-refractivity contribution < 1.29 is 0 Å². The van der Waals surface area contributed by atoms with Crippen LogP contribution in [0.4, 0.5) is 0 Å². The van der Waals surface area contributed by atoms with Crippen molar-refractivity contribution in [2.75, 3.05) is 0 Å². The SMILES string of the molecule is C[C@@H](N=[N+]=[N-])[C@@H](C)c1ccccc1. The van der Waals surface area contributed by atoms with Gasteiger partial charge in [-0.15, -0.1) is 0 Å². The van der Waals surface area contributed by atoms with Crippen LogP contribution in [0.1, 0.15) is 25.3 Å². The van der Waals surface area contributed by atoms with Gasteiger partial charge in [-0.1, -0.05) is 49.3 Å². The van der Waals surface area contributed by atoms with Gasteiger partial charge in [-0.2, -0.15) is 0 Å². The molecule has 3 heteroatoms. The smallest absolute Gasteiger partial charge is 0.0411 e. The Labute approximate surface area is 78.0 Å². The molecule has 0 fully saturated rings. The number of hydrogen-bond acceptors (Lipinski definition) is 1. The molecule has 0 saturated carbocycles. The number of benzene rings is 1. The fraction of sp³-hybridized carbons (Fsp3) is 0.400. The molecule has 0 aliphatic heterocycles. The lowest BCUT2D eigenvalue weighted by atomic mass is 9.95. The molecule has 0 amide bonds. The van der Waals surface area contributed by atoms with Gasteiger partial charge in [0.15, 0.2) is 0 Å². The van der Waals surface area contributed by atoms with Gasteiger partial charge in [0.05, 0.1) is 0 Å². The Balaban J connectivity index is 2.79. The molecule has 13 heavy (non-hydrogen) atoms. The molecule has 0 bridgehead atoms. The van der Waals surface area contributed by atoms with E-state index >= 15 is 0 Å². The van der Waals surface area contributed by atoms with Gasteiger partial charge in [-0.05, 0) is 17.0 Å². The third-order valence-corrected chi connectivity index (χ3v) is 2.28. The second-order valence-electron chi connectivity index (χ2n) is 3.14. The normalized spacial score (nSPS) is 14.3. The van der Waals surface area contributed by atoms with Crippen molar-refractivity contribution in [2.24, 2.45) is 5.11 Å². The van der Waals surface area contributed by atoms with Crippen LogP contribution in [-0.2, 0) is 0 Å². The molecule has 0 aromatic heterocycles. The first-order valence-corrected chi connectivity index (χ1v) is 4.35. The van der Waals surface area contributed by atoms with Gasteiger partial charge in [0.25, 0.3) is 0 Å². The van der Waals surface area contributed by atoms with Gasteiger partial charge in [-0.25, -0.2) is 0 Å². The topological polar surface area (TPSA) is 48.8 Å². The van der Waals surface area contributed by atoms with E-state index in [1.807, 2.05) is 37.3 Å². The van der Waals surface area contributed by atoms with Crippen molar-refractivity contribution in [3.8, 4) is 0 Å². The van der Waals surface area contributed by atoms with Crippen LogP contribution in [0.2, 0.25) is 0 Å². The first kappa shape index (κ1) is 9.62. The number of hydrogen-bond donors (Lipinski definition) is 0. The molecular formula is C10H13N3. The maximum atomic E-state index is 8.29. The highest BCUT2D eigenvalue weighted by Gasteiger charge is 2.11. The standard InChI is InChI=1S/C10H13N3/c1-8(9(2)12-13-11)10-6-4-3-5-7-10/h3-9H,1-2H3/t8-,9-/m1/s1. The van der Waals surface area contributed by atoms with Crippen LogP contribution >= 0.6 is 0 Å². The van der Waals surface area contributed by atoms with Gasteiger partial charge < -0.3 is 0 Å². The van der Waals surface area contributed by atoms with Gasteiger partial charge in [0.2, 0.25) is 0 Å². The maximum absolute atomic E-state index is 8.29. The van der Waals surface area contributed by atoms with Crippen LogP contribution in [0.25, 0.3) is 10.4 Å². The van der Waals surface area contributed by atoms with Gasteiger partial charge >= 0.3 is 0 Å². The molecule has 0 heterocycles. The quantitative estimate of drug-likeness (QED) is 0.383. The second-order valence-corrected chi connectivity index (χ2v) is 3.14. The van der Waals surface area contributed by atoms with Gasteiger partial charge in [0.1, 0.15) is 0 Å². The zero-order chi connectivity index (χ0) is 9.68. The third-order valence-electron chi connectivity index (χ3n) is 2.28. The lowest BCUT2D eigenvalue weighted by Crippen LogP contribution is -2.08. The monoisotopic (exact) mass is 175 g/mol. The Morgan fingerprint density at radius 3 is 2.38 bits per heavy atom. The summed E-state index contributed by atoms with van der Waals surface area (Å²) >= 11 is 0. The first-order valence-electron chi connectivity index (χ1n) is 4.35. The summed E-state index contributed by atoms with van der Waals surface area (Å²) < 4.78 is 0. The summed E-state index contributed by atoms with van der Waals surface area (Å²) in [7, 11) is 0. The Morgan fingerprint density at radius 1 is 1.23 bits per heavy atom. The van der Waals surface area contributed by atoms with E-state index in [1.165, 1.54) is 5.56 Å². The molecule has 2 atom stereocenters. The summed E-state index contributed by atoms with van der Waals surface area (Å²) in [6, 6.07) is 10.1. The molecule has 0 saturated heterocycles. The third kappa shape index (κ3) is 2.49. The molecule has 0 aliphatic rings. The molecule has 1 aromatic carbocycles. The van der Waals surface area contributed by atoms with Crippen molar-refractivity contribution >= 4 is 0 Å². The fourth-order valence-electron chi connectivity index (χ4n) is 1.22. The Hall–Kier alpha value is -1.47. The van der Waals surface area contributed by atoms with Crippen molar-refractivity contribution in [1.82, 2.24) is 0 Å². The minimum atomic E-state index is 0.00685. The zero-order valence-electron chi connectivity index (χ0n) is 7.88. The van der Waals surface area contributed by atoms with Gasteiger partial charge in [-0.3, -0.25) is 0 Å². The Morgan fingerprint density at radius 2 is 1.85 bits per heavy atom. The van der Waals surface area contributed by atoms with E-state index in [1.54, 1.807) is 0 Å². The highest BCUT2D eigenvalue weighted by Crippen LogP contribution is 2.20. The van der Waals surface area contributed by atoms with Crippen LogP contribution in [0.5, 0.6) is 0 Å². The van der Waals surface area contributed by atoms with E-state index in [0.29, 0.717) is 0 Å². The minimum absolute atomic E-state index is 0.00685. The van der Waals surface area contributed by atoms with E-state index in [0.717, 1.165) is 0 Å². The highest BCUT2D eigenvalue weighted by molar-refractivity contribution is 5.20. The molecule has 1 rings (SSSR count). The summed E-state index contributed by atoms with van der Waals surface area (Å²) in [6.45, 7) is 3.99. The van der Waals surface area contributed by atoms with E-state index in [4.69, 9.17) is 5.53 Å². The summed E-state index contributed by atoms with van der Waals surface area (Å²) in [4.78, 5) is 2.81. The maximum Gasteiger partial charge on any atom is 0.0411 e. The van der Waals surface area contributed by atoms with Gasteiger partial charge in [0, 0.05) is 11.0 Å². The molecule has 1 aromatic rings. The van der Waals surface area contributed by atoms with Crippen LogP contribution < -0.4 is 0 Å². The molecule has 0 aliphatic carbocycles. The molecule has 68 valence electrons. The average Bonchev–Trinajstić information content (AvgIpc) is 2.18. The number of rotatable bonds is 3. The average molecular weight is 175 g/mol. The predicted molar refractivity (Wildman–Crippen MR) is 53.5 cm³/mol. The molecule has 0 radical (unpaired) electrons. The van der Waals surface area contributed by atoms with Crippen LogP contribution in [0, 0.1) is 0 Å². The summed E-state index contributed by atoms with van der Waals surface area (Å²) in [5.41, 5.74) is 9.50. The fourth-order valence-corrected chi connectivity index (χ4v) is 1.22. The number of nitrogens with zero attached hydrogens (tertiary/aromatic N) is 3. The van der Waals surface area contributed by atoms with E-state index in [2.05, 4.69) is 16.9 Å². The van der Waals surface area contributed by atoms with Crippen molar-refractivity contribution in [1.29, 1.82) is 0 Å². The lowest BCUT2D eigenvalue weighted by Gasteiger charge is -2.14. The summed E-state index contributed by atoms with van der Waals surface area (Å²) in [5.74, 6) is 0.275. The van der Waals surface area contributed by atoms with Crippen molar-refractivity contribution in [3.63, 3.8) is 0 Å². The Bertz CT molecular complexity index is 301. The zero-order valence-corrected chi connectivity index (χ0v) is 7.88. The highest BCUT2D eigenvalue weighted by atomic mass is 15.1. The van der Waals surface area contributed by atoms with E-state index in [-0.39, 0.29) is 12.0 Å². The molecule has 0 unspecified atom stereocenters. The lowest BCUT2D eigenvalue weighted by molar-refractivity contribution is 0.610. The van der Waals surface area contributed by atoms with E-state index < -0.39 is 0 Å². The minimum Gasteiger partial charge on any atom is -0.0903 e. The van der Waals surface area contributed by atoms with Crippen molar-refractivity contribution in [3.05, 3.63) is 46.3 Å². The van der Waals surface area contributed by atoms with Crippen LogP contribution in [0.15, 0.2) is 35.4 Å². The largest absolute Gasteiger partial charge is 0.0903 e. The second kappa shape index (κ2) is 4.53. The van der Waals surface area contributed by atoms with E-state index in [9.17, 15) is 0 Å². The molecular weight excluding hydrogens is 162 g/mol. The summed E-state index contributed by atoms with van der Waals surface area (Å²) in [6.07, 6.45) is 0. The molecule has 0 N–H and O–H groups in total. The number of azide groups is 1. The first-order chi connectivity index (χ1) is 6.25. The van der Waals surface area contributed by atoms with Crippen molar-refractivity contribution in [2.45, 2.75) is 25.8 Å². The molecule has 0 spiro atoms.